The zero-order chi connectivity index (χ0) is 10.0. The first-order valence-corrected chi connectivity index (χ1v) is 5.57. The van der Waals surface area contributed by atoms with Gasteiger partial charge in [0.1, 0.15) is 10.3 Å². The first-order chi connectivity index (χ1) is 6.00. The highest BCUT2D eigenvalue weighted by Gasteiger charge is 2.09. The first kappa shape index (κ1) is 11.3. The Hall–Kier alpha value is 0.230. The van der Waals surface area contributed by atoms with E-state index in [1.165, 1.54) is 6.92 Å². The third kappa shape index (κ3) is 3.13. The van der Waals surface area contributed by atoms with E-state index in [-0.39, 0.29) is 15.4 Å². The van der Waals surface area contributed by atoms with Crippen molar-refractivity contribution in [3.05, 3.63) is 20.8 Å². The zero-order valence-electron chi connectivity index (χ0n) is 6.47. The molecule has 0 radical (unpaired) electrons. The minimum atomic E-state index is -0.0436. The highest BCUT2D eigenvalue weighted by atomic mass is 79.9. The van der Waals surface area contributed by atoms with Crippen LogP contribution in [0.2, 0.25) is 10.3 Å². The van der Waals surface area contributed by atoms with Gasteiger partial charge in [-0.15, -0.1) is 0 Å². The number of carbonyl (C=O) groups excluding carboxylic acids is 1. The predicted octanol–water partition coefficient (Wildman–Crippen LogP) is 3.79. The Balaban J connectivity index is 3.08. The number of hydrogen-bond donors (Lipinski definition) is 0. The molecule has 0 unspecified atom stereocenters. The van der Waals surface area contributed by atoms with Gasteiger partial charge in [-0.3, -0.25) is 4.79 Å². The third-order valence-electron chi connectivity index (χ3n) is 1.11. The van der Waals surface area contributed by atoms with Crippen molar-refractivity contribution in [2.45, 2.75) is 11.8 Å². The third-order valence-corrected chi connectivity index (χ3v) is 3.45. The Morgan fingerprint density at radius 3 is 2.69 bits per heavy atom. The lowest BCUT2D eigenvalue weighted by Gasteiger charge is -2.02. The lowest BCUT2D eigenvalue weighted by molar-refractivity contribution is -0.109. The molecule has 0 aromatic carbocycles. The summed E-state index contributed by atoms with van der Waals surface area (Å²) in [5.41, 5.74) is 0. The quantitative estimate of drug-likeness (QED) is 0.584. The SMILES string of the molecule is CC(=O)Sc1cc(Br)c(Cl)nc1Cl. The van der Waals surface area contributed by atoms with Gasteiger partial charge in [0.05, 0.1) is 9.37 Å². The molecule has 0 aliphatic rings. The molecule has 0 saturated heterocycles. The van der Waals surface area contributed by atoms with E-state index in [1.807, 2.05) is 0 Å². The largest absolute Gasteiger partial charge is 0.287 e. The average Bonchev–Trinajstić information content (AvgIpc) is 1.99. The number of nitrogens with zero attached hydrogens (tertiary/aromatic N) is 1. The topological polar surface area (TPSA) is 30.0 Å². The van der Waals surface area contributed by atoms with E-state index in [0.29, 0.717) is 9.37 Å². The van der Waals surface area contributed by atoms with E-state index >= 15 is 0 Å². The van der Waals surface area contributed by atoms with Gasteiger partial charge in [0.15, 0.2) is 5.12 Å². The average molecular weight is 301 g/mol. The Bertz CT molecular complexity index is 359. The van der Waals surface area contributed by atoms with Crippen molar-refractivity contribution in [2.24, 2.45) is 0 Å². The van der Waals surface area contributed by atoms with Crippen molar-refractivity contribution in [3.63, 3.8) is 0 Å². The van der Waals surface area contributed by atoms with Crippen LogP contribution in [0.15, 0.2) is 15.4 Å². The van der Waals surface area contributed by atoms with Crippen LogP contribution in [0.1, 0.15) is 6.92 Å². The van der Waals surface area contributed by atoms with Gasteiger partial charge >= 0.3 is 0 Å². The summed E-state index contributed by atoms with van der Waals surface area (Å²) in [6.07, 6.45) is 0. The maximum Gasteiger partial charge on any atom is 0.190 e. The molecule has 6 heteroatoms. The number of hydrogen-bond acceptors (Lipinski definition) is 3. The van der Waals surface area contributed by atoms with Crippen LogP contribution in [0.3, 0.4) is 0 Å². The molecule has 0 aliphatic heterocycles. The van der Waals surface area contributed by atoms with Crippen molar-refractivity contribution in [1.29, 1.82) is 0 Å². The molecule has 1 aromatic rings. The van der Waals surface area contributed by atoms with Crippen molar-refractivity contribution in [1.82, 2.24) is 4.98 Å². The molecule has 2 nitrogen and oxygen atoms in total. The number of rotatable bonds is 1. The zero-order valence-corrected chi connectivity index (χ0v) is 10.4. The normalized spacial score (nSPS) is 10.2. The minimum Gasteiger partial charge on any atom is -0.287 e. The van der Waals surface area contributed by atoms with Crippen LogP contribution in [0.4, 0.5) is 0 Å². The molecule has 1 heterocycles. The summed E-state index contributed by atoms with van der Waals surface area (Å²) in [7, 11) is 0. The van der Waals surface area contributed by atoms with Crippen LogP contribution in [0, 0.1) is 0 Å². The summed E-state index contributed by atoms with van der Waals surface area (Å²) >= 11 is 15.7. The van der Waals surface area contributed by atoms with Crippen molar-refractivity contribution in [3.8, 4) is 0 Å². The highest BCUT2D eigenvalue weighted by molar-refractivity contribution is 9.10. The first-order valence-electron chi connectivity index (χ1n) is 3.20. The Morgan fingerprint density at radius 2 is 2.15 bits per heavy atom. The second-order valence-corrected chi connectivity index (χ2v) is 4.93. The van der Waals surface area contributed by atoms with Gasteiger partial charge in [-0.2, -0.15) is 0 Å². The van der Waals surface area contributed by atoms with E-state index in [2.05, 4.69) is 20.9 Å². The smallest absolute Gasteiger partial charge is 0.190 e. The molecule has 0 amide bonds. The second-order valence-electron chi connectivity index (χ2n) is 2.14. The molecule has 0 fully saturated rings. The molecule has 13 heavy (non-hydrogen) atoms. The van der Waals surface area contributed by atoms with Crippen LogP contribution in [0.25, 0.3) is 0 Å². The fraction of sp³-hybridized carbons (Fsp3) is 0.143. The standard InChI is InChI=1S/C7H4BrCl2NOS/c1-3(12)13-5-2-4(8)6(9)11-7(5)10/h2H,1H3. The van der Waals surface area contributed by atoms with Crippen LogP contribution in [0.5, 0.6) is 0 Å². The van der Waals surface area contributed by atoms with Crippen LogP contribution >= 0.6 is 50.9 Å². The lowest BCUT2D eigenvalue weighted by Crippen LogP contribution is -1.87. The number of aromatic nitrogens is 1. The maximum atomic E-state index is 10.8. The van der Waals surface area contributed by atoms with Crippen molar-refractivity contribution >= 4 is 56.0 Å². The number of thioether (sulfide) groups is 1. The monoisotopic (exact) mass is 299 g/mol. The predicted molar refractivity (Wildman–Crippen MR) is 58.5 cm³/mol. The van der Waals surface area contributed by atoms with Crippen LogP contribution in [-0.4, -0.2) is 10.1 Å². The second kappa shape index (κ2) is 4.64. The molecule has 0 bridgehead atoms. The van der Waals surface area contributed by atoms with E-state index < -0.39 is 0 Å². The summed E-state index contributed by atoms with van der Waals surface area (Å²) in [5.74, 6) is 0. The van der Waals surface area contributed by atoms with Crippen molar-refractivity contribution in [2.75, 3.05) is 0 Å². The molecular weight excluding hydrogens is 297 g/mol. The Morgan fingerprint density at radius 1 is 1.54 bits per heavy atom. The van der Waals surface area contributed by atoms with Gasteiger partial charge in [-0.1, -0.05) is 23.2 Å². The fourth-order valence-electron chi connectivity index (χ4n) is 0.655. The molecule has 0 aliphatic carbocycles. The van der Waals surface area contributed by atoms with Gasteiger partial charge in [0, 0.05) is 6.92 Å². The molecule has 70 valence electrons. The van der Waals surface area contributed by atoms with E-state index in [1.54, 1.807) is 6.07 Å². The van der Waals surface area contributed by atoms with Crippen molar-refractivity contribution < 1.29 is 4.79 Å². The van der Waals surface area contributed by atoms with Crippen LogP contribution in [-0.2, 0) is 4.79 Å². The highest BCUT2D eigenvalue weighted by Crippen LogP contribution is 2.32. The maximum absolute atomic E-state index is 10.8. The van der Waals surface area contributed by atoms with Crippen LogP contribution < -0.4 is 0 Å². The summed E-state index contributed by atoms with van der Waals surface area (Å²) in [4.78, 5) is 15.2. The van der Waals surface area contributed by atoms with E-state index in [9.17, 15) is 4.79 Å². The molecule has 0 spiro atoms. The van der Waals surface area contributed by atoms with Gasteiger partial charge in [-0.05, 0) is 33.8 Å². The van der Waals surface area contributed by atoms with E-state index in [0.717, 1.165) is 11.8 Å². The van der Waals surface area contributed by atoms with E-state index in [4.69, 9.17) is 23.2 Å². The Labute approximate surface area is 98.1 Å². The number of halogens is 3. The molecule has 1 rings (SSSR count). The summed E-state index contributed by atoms with van der Waals surface area (Å²) in [5, 5.41) is 0.490. The molecule has 0 atom stereocenters. The van der Waals surface area contributed by atoms with Gasteiger partial charge in [0.2, 0.25) is 0 Å². The van der Waals surface area contributed by atoms with Gasteiger partial charge in [0.25, 0.3) is 0 Å². The van der Waals surface area contributed by atoms with Gasteiger partial charge < -0.3 is 0 Å². The summed E-state index contributed by atoms with van der Waals surface area (Å²) in [6, 6.07) is 1.67. The fourth-order valence-corrected chi connectivity index (χ4v) is 2.18. The Kier molecular flexibility index (Phi) is 4.04. The summed E-state index contributed by atoms with van der Waals surface area (Å²) < 4.78 is 0.627. The molecule has 1 aromatic heterocycles. The molecule has 0 N–H and O–H groups in total. The number of pyridine rings is 1. The van der Waals surface area contributed by atoms with Gasteiger partial charge in [-0.25, -0.2) is 4.98 Å². The minimum absolute atomic E-state index is 0.0436. The summed E-state index contributed by atoms with van der Waals surface area (Å²) in [6.45, 7) is 1.46. The molecule has 0 saturated carbocycles. The lowest BCUT2D eigenvalue weighted by atomic mass is 10.5. The molecular formula is C7H4BrCl2NOS. The number of carbonyl (C=O) groups is 1.